The fourth-order valence-corrected chi connectivity index (χ4v) is 9.05. The van der Waals surface area contributed by atoms with Crippen molar-refractivity contribution in [3.63, 3.8) is 0 Å². The van der Waals surface area contributed by atoms with E-state index in [9.17, 15) is 25.2 Å². The normalized spacial score (nSPS) is 48.7. The third-order valence-corrected chi connectivity index (χ3v) is 13.0. The van der Waals surface area contributed by atoms with E-state index in [1.807, 2.05) is 13.8 Å². The first-order chi connectivity index (χ1) is 22.5. The molecule has 10 nitrogen and oxygen atoms in total. The molecule has 4 N–H and O–H groups in total. The molecule has 3 aliphatic rings. The third-order valence-electron chi connectivity index (χ3n) is 13.0. The van der Waals surface area contributed by atoms with Gasteiger partial charge in [0.1, 0.15) is 6.10 Å². The van der Waals surface area contributed by atoms with Gasteiger partial charge in [0, 0.05) is 24.2 Å². The van der Waals surface area contributed by atoms with Gasteiger partial charge in [-0.3, -0.25) is 4.79 Å². The molecule has 0 aliphatic carbocycles. The quantitative estimate of drug-likeness (QED) is 0.255. The predicted molar refractivity (Wildman–Crippen MR) is 188 cm³/mol. The molecule has 3 aliphatic heterocycles. The maximum absolute atomic E-state index is 14.2. The zero-order valence-electron chi connectivity index (χ0n) is 33.0. The zero-order chi connectivity index (χ0) is 37.4. The molecule has 3 rings (SSSR count). The average Bonchev–Trinajstić information content (AvgIpc) is 3.02. The van der Waals surface area contributed by atoms with Gasteiger partial charge in [-0.1, -0.05) is 76.2 Å². The molecule has 3 fully saturated rings. The second-order valence-electron chi connectivity index (χ2n) is 17.9. The number of cyclic esters (lactones) is 1. The maximum atomic E-state index is 14.2. The molecule has 0 saturated carbocycles. The van der Waals surface area contributed by atoms with E-state index in [-0.39, 0.29) is 41.8 Å². The summed E-state index contributed by atoms with van der Waals surface area (Å²) in [5, 5.41) is 45.3. The van der Waals surface area contributed by atoms with Crippen LogP contribution in [0.15, 0.2) is 0 Å². The maximum Gasteiger partial charge on any atom is 0.311 e. The van der Waals surface area contributed by atoms with Gasteiger partial charge < -0.3 is 44.1 Å². The predicted octanol–water partition coefficient (Wildman–Crippen LogP) is 5.70. The largest absolute Gasteiger partial charge is 0.459 e. The lowest BCUT2D eigenvalue weighted by molar-refractivity contribution is -0.294. The SMILES string of the molecule is CC[C@H]1OC(=O)[C@H](C)[C@@H](O[C@H]2CC(C)(C)[C@@H](C)[C@H](C)O2)[C@H](C)[C@@H](O[C@@H]2O[C@H](C)C[C@H](C)[C@H]2C)C(C)(C)C[C@@H](C)[C@H](O)[C@H](C)C(O)[C@@]1(O)CO. The number of carbonyl (C=O) groups is 1. The van der Waals surface area contributed by atoms with Crippen LogP contribution in [0.3, 0.4) is 0 Å². The van der Waals surface area contributed by atoms with Gasteiger partial charge in [0.05, 0.1) is 49.1 Å². The van der Waals surface area contributed by atoms with Crippen LogP contribution in [0, 0.1) is 52.3 Å². The van der Waals surface area contributed by atoms with Gasteiger partial charge in [-0.05, 0) is 68.6 Å². The number of ether oxygens (including phenoxy) is 5. The van der Waals surface area contributed by atoms with Crippen LogP contribution in [0.2, 0.25) is 0 Å². The minimum atomic E-state index is -2.19. The van der Waals surface area contributed by atoms with E-state index in [0.29, 0.717) is 24.7 Å². The van der Waals surface area contributed by atoms with E-state index < -0.39 is 78.5 Å². The molecule has 49 heavy (non-hydrogen) atoms. The average molecular weight is 701 g/mol. The Morgan fingerprint density at radius 2 is 1.43 bits per heavy atom. The van der Waals surface area contributed by atoms with Crippen LogP contribution in [0.5, 0.6) is 0 Å². The van der Waals surface area contributed by atoms with E-state index in [0.717, 1.165) is 6.42 Å². The molecule has 0 aromatic rings. The van der Waals surface area contributed by atoms with Gasteiger partial charge in [0.15, 0.2) is 18.2 Å². The van der Waals surface area contributed by atoms with Gasteiger partial charge in [-0.2, -0.15) is 0 Å². The number of rotatable bonds is 6. The van der Waals surface area contributed by atoms with Gasteiger partial charge in [0.2, 0.25) is 0 Å². The molecule has 0 radical (unpaired) electrons. The fourth-order valence-electron chi connectivity index (χ4n) is 9.05. The van der Waals surface area contributed by atoms with Crippen LogP contribution in [-0.4, -0.2) is 93.9 Å². The first kappa shape index (κ1) is 42.6. The summed E-state index contributed by atoms with van der Waals surface area (Å²) in [6.07, 6.45) is -4.00. The number of carbonyl (C=O) groups excluding carboxylic acids is 1. The van der Waals surface area contributed by atoms with Crippen LogP contribution < -0.4 is 0 Å². The second kappa shape index (κ2) is 16.4. The first-order valence-electron chi connectivity index (χ1n) is 19.0. The van der Waals surface area contributed by atoms with Gasteiger partial charge in [0.25, 0.3) is 0 Å². The summed E-state index contributed by atoms with van der Waals surface area (Å²) >= 11 is 0. The highest BCUT2D eigenvalue weighted by Crippen LogP contribution is 2.46. The smallest absolute Gasteiger partial charge is 0.311 e. The molecule has 10 heteroatoms. The molecule has 3 heterocycles. The van der Waals surface area contributed by atoms with Crippen molar-refractivity contribution in [2.75, 3.05) is 6.61 Å². The Labute approximate surface area is 296 Å². The van der Waals surface area contributed by atoms with E-state index in [2.05, 4.69) is 62.3 Å². The number of aliphatic hydroxyl groups excluding tert-OH is 3. The summed E-state index contributed by atoms with van der Waals surface area (Å²) in [6.45, 7) is 27.6. The molecule has 1 unspecified atom stereocenters. The molecule has 0 amide bonds. The molecule has 17 atom stereocenters. The van der Waals surface area contributed by atoms with Crippen molar-refractivity contribution in [1.82, 2.24) is 0 Å². The zero-order valence-corrected chi connectivity index (χ0v) is 33.0. The molecule has 0 aromatic carbocycles. The summed E-state index contributed by atoms with van der Waals surface area (Å²) in [6, 6.07) is 0. The first-order valence-corrected chi connectivity index (χ1v) is 19.0. The minimum absolute atomic E-state index is 0.0229. The van der Waals surface area contributed by atoms with E-state index in [4.69, 9.17) is 23.7 Å². The molecule has 3 saturated heterocycles. The summed E-state index contributed by atoms with van der Waals surface area (Å²) in [5.41, 5.74) is -2.85. The summed E-state index contributed by atoms with van der Waals surface area (Å²) in [4.78, 5) is 14.2. The Hall–Kier alpha value is -0.850. The Morgan fingerprint density at radius 3 is 1.98 bits per heavy atom. The van der Waals surface area contributed by atoms with Crippen molar-refractivity contribution in [3.8, 4) is 0 Å². The number of hydrogen-bond acceptors (Lipinski definition) is 10. The van der Waals surface area contributed by atoms with Crippen molar-refractivity contribution < 1.29 is 48.9 Å². The lowest BCUT2D eigenvalue weighted by Crippen LogP contribution is -2.61. The molecule has 0 spiro atoms. The molecular weight excluding hydrogens is 628 g/mol. The summed E-state index contributed by atoms with van der Waals surface area (Å²) in [5.74, 6) is -2.22. The van der Waals surface area contributed by atoms with Crippen molar-refractivity contribution in [2.45, 2.75) is 184 Å². The molecular formula is C39H72O10. The van der Waals surface area contributed by atoms with Crippen molar-refractivity contribution in [3.05, 3.63) is 0 Å². The molecule has 0 aromatic heterocycles. The number of aliphatic hydroxyl groups is 4. The number of hydrogen-bond donors (Lipinski definition) is 4. The van der Waals surface area contributed by atoms with Gasteiger partial charge in [-0.25, -0.2) is 0 Å². The lowest BCUT2D eigenvalue weighted by atomic mass is 9.68. The Kier molecular flexibility index (Phi) is 14.3. The van der Waals surface area contributed by atoms with E-state index in [1.54, 1.807) is 20.8 Å². The van der Waals surface area contributed by atoms with Crippen LogP contribution in [0.4, 0.5) is 0 Å². The topological polar surface area (TPSA) is 144 Å². The highest BCUT2D eigenvalue weighted by Gasteiger charge is 2.53. The summed E-state index contributed by atoms with van der Waals surface area (Å²) in [7, 11) is 0. The van der Waals surface area contributed by atoms with Crippen LogP contribution in [0.1, 0.15) is 123 Å². The van der Waals surface area contributed by atoms with E-state index >= 15 is 0 Å². The monoisotopic (exact) mass is 701 g/mol. The third kappa shape index (κ3) is 9.21. The van der Waals surface area contributed by atoms with Crippen LogP contribution in [-0.2, 0) is 28.5 Å². The lowest BCUT2D eigenvalue weighted by Gasteiger charge is -2.50. The second-order valence-corrected chi connectivity index (χ2v) is 17.9. The molecule has 288 valence electrons. The van der Waals surface area contributed by atoms with Gasteiger partial charge in [-0.15, -0.1) is 0 Å². The highest BCUT2D eigenvalue weighted by molar-refractivity contribution is 5.73. The summed E-state index contributed by atoms with van der Waals surface area (Å²) < 4.78 is 32.8. The molecule has 0 bridgehead atoms. The van der Waals surface area contributed by atoms with E-state index in [1.165, 1.54) is 0 Å². The Morgan fingerprint density at radius 1 is 0.816 bits per heavy atom. The Balaban J connectivity index is 2.17. The van der Waals surface area contributed by atoms with Gasteiger partial charge >= 0.3 is 5.97 Å². The van der Waals surface area contributed by atoms with Crippen molar-refractivity contribution >= 4 is 5.97 Å². The minimum Gasteiger partial charge on any atom is -0.459 e. The fraction of sp³-hybridized carbons (Fsp3) is 0.974. The number of esters is 1. The van der Waals surface area contributed by atoms with Crippen LogP contribution in [0.25, 0.3) is 0 Å². The van der Waals surface area contributed by atoms with Crippen molar-refractivity contribution in [2.24, 2.45) is 52.3 Å². The standard InChI is InChI=1S/C39H72O10/c1-15-29-39(44,19-40)33(42)24(6)31(41)21(3)17-38(13,14)34(49-36-23(5)20(2)16-22(4)45-36)25(7)32(26(8)35(43)47-29)48-30-18-37(11,12)27(9)28(10)46-30/h20-34,36,40-42,44H,15-19H2,1-14H3/t20-,21+,22+,23+,24-,25-,26+,27-,28-,29+,30-,31-,32-,33?,34+,36-,39+/m0/s1. The highest BCUT2D eigenvalue weighted by atomic mass is 16.7. The van der Waals surface area contributed by atoms with Crippen LogP contribution >= 0.6 is 0 Å². The van der Waals surface area contributed by atoms with Crippen molar-refractivity contribution in [1.29, 1.82) is 0 Å². The Bertz CT molecular complexity index is 1070.